The summed E-state index contributed by atoms with van der Waals surface area (Å²) in [6.07, 6.45) is 4.06. The summed E-state index contributed by atoms with van der Waals surface area (Å²) < 4.78 is 27.2. The van der Waals surface area contributed by atoms with E-state index in [1.165, 1.54) is 0 Å². The number of carbonyl (C=O) groups is 1. The van der Waals surface area contributed by atoms with Gasteiger partial charge in [-0.3, -0.25) is 4.79 Å². The number of piperidine rings is 1. The molecule has 1 heterocycles. The molecule has 0 spiro atoms. The largest absolute Gasteiger partial charge is 0.335 e. The van der Waals surface area contributed by atoms with Gasteiger partial charge in [0.2, 0.25) is 15.9 Å². The minimum absolute atomic E-state index is 0.0554. The zero-order chi connectivity index (χ0) is 21.6. The maximum absolute atomic E-state index is 13.0. The third-order valence-corrected chi connectivity index (χ3v) is 7.78. The molecule has 6 heteroatoms. The fourth-order valence-corrected chi connectivity index (χ4v) is 5.32. The zero-order valence-corrected chi connectivity index (χ0v) is 18.8. The van der Waals surface area contributed by atoms with Crippen molar-refractivity contribution in [1.29, 1.82) is 0 Å². The number of benzene rings is 2. The van der Waals surface area contributed by atoms with Crippen LogP contribution in [0.2, 0.25) is 0 Å². The number of carbonyl (C=O) groups excluding carboxylic acids is 1. The standard InChI is InChI=1S/C24H32N2O3S/c1-3-20(2)26(19-22-10-6-4-7-11-22)24(27)18-21-12-14-23(15-13-21)30(28,29)25-16-8-5-9-17-25/h4,6-7,10-15,20H,3,5,8-9,16-19H2,1-2H3. The Morgan fingerprint density at radius 2 is 1.60 bits per heavy atom. The van der Waals surface area contributed by atoms with Crippen molar-refractivity contribution in [3.63, 3.8) is 0 Å². The van der Waals surface area contributed by atoms with E-state index in [1.807, 2.05) is 35.2 Å². The SMILES string of the molecule is CCC(C)N(Cc1ccccc1)C(=O)Cc1ccc(S(=O)(=O)N2CCCCC2)cc1. The summed E-state index contributed by atoms with van der Waals surface area (Å²) >= 11 is 0. The van der Waals surface area contributed by atoms with Crippen LogP contribution < -0.4 is 0 Å². The number of hydrogen-bond donors (Lipinski definition) is 0. The summed E-state index contributed by atoms with van der Waals surface area (Å²) in [7, 11) is -3.44. The predicted octanol–water partition coefficient (Wildman–Crippen LogP) is 4.23. The molecule has 1 aliphatic rings. The second-order valence-corrected chi connectivity index (χ2v) is 9.99. The highest BCUT2D eigenvalue weighted by molar-refractivity contribution is 7.89. The molecule has 0 aliphatic carbocycles. The normalized spacial score (nSPS) is 16.2. The molecule has 2 aromatic carbocycles. The van der Waals surface area contributed by atoms with E-state index < -0.39 is 10.0 Å². The van der Waals surface area contributed by atoms with Gasteiger partial charge < -0.3 is 4.90 Å². The lowest BCUT2D eigenvalue weighted by molar-refractivity contribution is -0.133. The van der Waals surface area contributed by atoms with Crippen LogP contribution in [-0.4, -0.2) is 42.7 Å². The van der Waals surface area contributed by atoms with Crippen molar-refractivity contribution in [1.82, 2.24) is 9.21 Å². The van der Waals surface area contributed by atoms with E-state index in [9.17, 15) is 13.2 Å². The van der Waals surface area contributed by atoms with Crippen molar-refractivity contribution >= 4 is 15.9 Å². The highest BCUT2D eigenvalue weighted by Crippen LogP contribution is 2.21. The third-order valence-electron chi connectivity index (χ3n) is 5.87. The molecule has 1 amide bonds. The Labute approximate surface area is 180 Å². The van der Waals surface area contributed by atoms with Crippen molar-refractivity contribution < 1.29 is 13.2 Å². The van der Waals surface area contributed by atoms with Crippen LogP contribution in [0.15, 0.2) is 59.5 Å². The van der Waals surface area contributed by atoms with E-state index in [-0.39, 0.29) is 18.4 Å². The molecule has 0 radical (unpaired) electrons. The topological polar surface area (TPSA) is 57.7 Å². The first-order chi connectivity index (χ1) is 14.4. The molecule has 1 aliphatic heterocycles. The molecule has 0 aromatic heterocycles. The fraction of sp³-hybridized carbons (Fsp3) is 0.458. The molecule has 1 unspecified atom stereocenters. The van der Waals surface area contributed by atoms with Gasteiger partial charge in [0.25, 0.3) is 0 Å². The Hall–Kier alpha value is -2.18. The van der Waals surface area contributed by atoms with Gasteiger partial charge in [0.1, 0.15) is 0 Å². The van der Waals surface area contributed by atoms with Crippen LogP contribution in [0.3, 0.4) is 0 Å². The van der Waals surface area contributed by atoms with E-state index in [4.69, 9.17) is 0 Å². The Kier molecular flexibility index (Phi) is 7.67. The number of nitrogens with zero attached hydrogens (tertiary/aromatic N) is 2. The molecule has 1 saturated heterocycles. The molecule has 0 N–H and O–H groups in total. The first kappa shape index (κ1) is 22.5. The first-order valence-electron chi connectivity index (χ1n) is 10.8. The van der Waals surface area contributed by atoms with Crippen molar-refractivity contribution in [2.24, 2.45) is 0 Å². The molecule has 30 heavy (non-hydrogen) atoms. The van der Waals surface area contributed by atoms with Crippen molar-refractivity contribution in [2.75, 3.05) is 13.1 Å². The van der Waals surface area contributed by atoms with Gasteiger partial charge in [-0.15, -0.1) is 0 Å². The lowest BCUT2D eigenvalue weighted by atomic mass is 10.1. The Balaban J connectivity index is 1.70. The van der Waals surface area contributed by atoms with E-state index in [2.05, 4.69) is 13.8 Å². The van der Waals surface area contributed by atoms with E-state index in [0.29, 0.717) is 24.5 Å². The minimum atomic E-state index is -3.44. The Morgan fingerprint density at radius 3 is 2.20 bits per heavy atom. The van der Waals surface area contributed by atoms with Gasteiger partial charge in [-0.05, 0) is 49.4 Å². The number of hydrogen-bond acceptors (Lipinski definition) is 3. The summed E-state index contributed by atoms with van der Waals surface area (Å²) in [6, 6.07) is 16.9. The summed E-state index contributed by atoms with van der Waals surface area (Å²) in [5.74, 6) is 0.0554. The lowest BCUT2D eigenvalue weighted by Gasteiger charge is -2.29. The number of rotatable bonds is 8. The maximum atomic E-state index is 13.0. The molecule has 1 atom stereocenters. The van der Waals surface area contributed by atoms with Crippen LogP contribution in [-0.2, 0) is 27.8 Å². The van der Waals surface area contributed by atoms with Crippen LogP contribution in [0.25, 0.3) is 0 Å². The number of sulfonamides is 1. The third kappa shape index (κ3) is 5.49. The molecule has 5 nitrogen and oxygen atoms in total. The second kappa shape index (κ2) is 10.2. The summed E-state index contributed by atoms with van der Waals surface area (Å²) in [4.78, 5) is 15.3. The smallest absolute Gasteiger partial charge is 0.243 e. The highest BCUT2D eigenvalue weighted by Gasteiger charge is 2.26. The lowest BCUT2D eigenvalue weighted by Crippen LogP contribution is -2.38. The van der Waals surface area contributed by atoms with Crippen LogP contribution in [0.5, 0.6) is 0 Å². The molecule has 0 bridgehead atoms. The molecular weight excluding hydrogens is 396 g/mol. The van der Waals surface area contributed by atoms with Crippen molar-refractivity contribution in [3.8, 4) is 0 Å². The minimum Gasteiger partial charge on any atom is -0.335 e. The molecular formula is C24H32N2O3S. The highest BCUT2D eigenvalue weighted by atomic mass is 32.2. The quantitative estimate of drug-likeness (QED) is 0.632. The molecule has 3 rings (SSSR count). The molecule has 0 saturated carbocycles. The van der Waals surface area contributed by atoms with E-state index >= 15 is 0 Å². The Bertz CT molecular complexity index is 921. The van der Waals surface area contributed by atoms with Crippen molar-refractivity contribution in [3.05, 3.63) is 65.7 Å². The summed E-state index contributed by atoms with van der Waals surface area (Å²) in [6.45, 7) is 5.90. The first-order valence-corrected chi connectivity index (χ1v) is 12.3. The van der Waals surface area contributed by atoms with Gasteiger partial charge in [-0.25, -0.2) is 8.42 Å². The van der Waals surface area contributed by atoms with Crippen LogP contribution in [0, 0.1) is 0 Å². The molecule has 1 fully saturated rings. The second-order valence-electron chi connectivity index (χ2n) is 8.05. The zero-order valence-electron chi connectivity index (χ0n) is 18.0. The predicted molar refractivity (Wildman–Crippen MR) is 120 cm³/mol. The van der Waals surface area contributed by atoms with Gasteiger partial charge in [-0.1, -0.05) is 55.8 Å². The average Bonchev–Trinajstić information content (AvgIpc) is 2.78. The van der Waals surface area contributed by atoms with Crippen LogP contribution >= 0.6 is 0 Å². The van der Waals surface area contributed by atoms with Gasteiger partial charge in [0.15, 0.2) is 0 Å². The monoisotopic (exact) mass is 428 g/mol. The molecule has 162 valence electrons. The van der Waals surface area contributed by atoms with Gasteiger partial charge in [0.05, 0.1) is 11.3 Å². The molecule has 2 aromatic rings. The van der Waals surface area contributed by atoms with E-state index in [0.717, 1.165) is 36.8 Å². The van der Waals surface area contributed by atoms with Gasteiger partial charge in [-0.2, -0.15) is 4.31 Å². The average molecular weight is 429 g/mol. The van der Waals surface area contributed by atoms with Gasteiger partial charge >= 0.3 is 0 Å². The summed E-state index contributed by atoms with van der Waals surface area (Å²) in [5, 5.41) is 0. The Morgan fingerprint density at radius 1 is 0.967 bits per heavy atom. The van der Waals surface area contributed by atoms with Crippen LogP contribution in [0.4, 0.5) is 0 Å². The van der Waals surface area contributed by atoms with Crippen LogP contribution in [0.1, 0.15) is 50.7 Å². The number of amides is 1. The fourth-order valence-electron chi connectivity index (χ4n) is 3.80. The summed E-state index contributed by atoms with van der Waals surface area (Å²) in [5.41, 5.74) is 1.94. The maximum Gasteiger partial charge on any atom is 0.243 e. The van der Waals surface area contributed by atoms with Crippen molar-refractivity contribution in [2.45, 2.75) is 63.4 Å². The van der Waals surface area contributed by atoms with E-state index in [1.54, 1.807) is 28.6 Å². The van der Waals surface area contributed by atoms with Gasteiger partial charge in [0, 0.05) is 25.7 Å².